The van der Waals surface area contributed by atoms with E-state index in [0.29, 0.717) is 13.0 Å². The lowest BCUT2D eigenvalue weighted by atomic mass is 9.86. The van der Waals surface area contributed by atoms with Crippen molar-refractivity contribution in [1.29, 1.82) is 0 Å². The summed E-state index contributed by atoms with van der Waals surface area (Å²) in [6.45, 7) is 4.72. The van der Waals surface area contributed by atoms with Crippen molar-refractivity contribution in [3.63, 3.8) is 0 Å². The number of ketones is 1. The van der Waals surface area contributed by atoms with Crippen molar-refractivity contribution in [3.8, 4) is 5.75 Å². The Morgan fingerprint density at radius 3 is 2.84 bits per heavy atom. The van der Waals surface area contributed by atoms with Gasteiger partial charge in [-0.1, -0.05) is 32.0 Å². The topological polar surface area (TPSA) is 35.5 Å². The molecule has 104 valence electrons. The zero-order valence-corrected chi connectivity index (χ0v) is 11.9. The van der Waals surface area contributed by atoms with Gasteiger partial charge in [-0.2, -0.15) is 0 Å². The highest BCUT2D eigenvalue weighted by atomic mass is 16.5. The second kappa shape index (κ2) is 6.20. The molecule has 0 saturated heterocycles. The first kappa shape index (κ1) is 14.1. The van der Waals surface area contributed by atoms with Gasteiger partial charge in [0.25, 0.3) is 0 Å². The number of hydrogen-bond donors (Lipinski definition) is 0. The standard InChI is InChI=1S/C16H22O3/c1-11(2)16(18-3)14(17)10-12-8-9-19-15-7-5-4-6-13(12)15/h4-7,11-12,16H,8-10H2,1-3H3. The second-order valence-corrected chi connectivity index (χ2v) is 5.44. The summed E-state index contributed by atoms with van der Waals surface area (Å²) in [6, 6.07) is 8.00. The Morgan fingerprint density at radius 1 is 1.42 bits per heavy atom. The minimum absolute atomic E-state index is 0.194. The highest BCUT2D eigenvalue weighted by Crippen LogP contribution is 2.36. The molecule has 0 saturated carbocycles. The molecule has 1 aliphatic rings. The highest BCUT2D eigenvalue weighted by Gasteiger charge is 2.28. The number of rotatable bonds is 5. The van der Waals surface area contributed by atoms with Gasteiger partial charge in [0.05, 0.1) is 6.61 Å². The third-order valence-corrected chi connectivity index (χ3v) is 3.71. The molecular weight excluding hydrogens is 240 g/mol. The monoisotopic (exact) mass is 262 g/mol. The second-order valence-electron chi connectivity index (χ2n) is 5.44. The van der Waals surface area contributed by atoms with Crippen LogP contribution in [0.4, 0.5) is 0 Å². The fourth-order valence-corrected chi connectivity index (χ4v) is 2.76. The summed E-state index contributed by atoms with van der Waals surface area (Å²) in [7, 11) is 1.61. The van der Waals surface area contributed by atoms with Gasteiger partial charge in [-0.25, -0.2) is 0 Å². The minimum atomic E-state index is -0.296. The van der Waals surface area contributed by atoms with E-state index < -0.39 is 0 Å². The quantitative estimate of drug-likeness (QED) is 0.817. The average Bonchev–Trinajstić information content (AvgIpc) is 2.39. The number of carbonyl (C=O) groups is 1. The lowest BCUT2D eigenvalue weighted by Gasteiger charge is -2.27. The molecule has 2 unspecified atom stereocenters. The summed E-state index contributed by atoms with van der Waals surface area (Å²) in [4.78, 5) is 12.3. The van der Waals surface area contributed by atoms with Crippen molar-refractivity contribution >= 4 is 5.78 Å². The number of hydrogen-bond acceptors (Lipinski definition) is 3. The van der Waals surface area contributed by atoms with E-state index in [0.717, 1.165) is 17.7 Å². The Kier molecular flexibility index (Phi) is 4.59. The SMILES string of the molecule is COC(C(=O)CC1CCOc2ccccc21)C(C)C. The van der Waals surface area contributed by atoms with Gasteiger partial charge in [-0.05, 0) is 29.9 Å². The number of methoxy groups -OCH3 is 1. The van der Waals surface area contributed by atoms with E-state index in [4.69, 9.17) is 9.47 Å². The number of fused-ring (bicyclic) bond motifs is 1. The summed E-state index contributed by atoms with van der Waals surface area (Å²) in [5.41, 5.74) is 1.15. The molecule has 1 aliphatic heterocycles. The van der Waals surface area contributed by atoms with Crippen LogP contribution >= 0.6 is 0 Å². The maximum Gasteiger partial charge on any atom is 0.162 e. The van der Waals surface area contributed by atoms with Crippen LogP contribution in [0.2, 0.25) is 0 Å². The van der Waals surface area contributed by atoms with Gasteiger partial charge < -0.3 is 9.47 Å². The largest absolute Gasteiger partial charge is 0.493 e. The van der Waals surface area contributed by atoms with E-state index in [1.54, 1.807) is 7.11 Å². The molecule has 0 aromatic heterocycles. The average molecular weight is 262 g/mol. The van der Waals surface area contributed by atoms with Crippen LogP contribution in [0.1, 0.15) is 38.2 Å². The first-order valence-corrected chi connectivity index (χ1v) is 6.90. The van der Waals surface area contributed by atoms with Crippen LogP contribution in [0, 0.1) is 5.92 Å². The summed E-state index contributed by atoms with van der Waals surface area (Å²) in [5.74, 6) is 1.59. The molecule has 1 aromatic rings. The maximum atomic E-state index is 12.3. The van der Waals surface area contributed by atoms with E-state index in [1.165, 1.54) is 0 Å². The Labute approximate surface area is 114 Å². The Morgan fingerprint density at radius 2 is 2.16 bits per heavy atom. The van der Waals surface area contributed by atoms with Gasteiger partial charge in [0, 0.05) is 13.5 Å². The summed E-state index contributed by atoms with van der Waals surface area (Å²) in [6.07, 6.45) is 1.14. The van der Waals surface area contributed by atoms with Crippen LogP contribution in [0.15, 0.2) is 24.3 Å². The molecule has 0 fully saturated rings. The molecule has 0 bridgehead atoms. The first-order valence-electron chi connectivity index (χ1n) is 6.90. The molecule has 0 aliphatic carbocycles. The molecule has 0 amide bonds. The molecule has 19 heavy (non-hydrogen) atoms. The molecule has 0 radical (unpaired) electrons. The lowest BCUT2D eigenvalue weighted by Crippen LogP contribution is -2.30. The van der Waals surface area contributed by atoms with Gasteiger partial charge in [0.2, 0.25) is 0 Å². The Bertz CT molecular complexity index is 439. The third-order valence-electron chi connectivity index (χ3n) is 3.71. The summed E-state index contributed by atoms with van der Waals surface area (Å²) < 4.78 is 10.9. The van der Waals surface area contributed by atoms with Crippen molar-refractivity contribution in [2.24, 2.45) is 5.92 Å². The number of carbonyl (C=O) groups excluding carboxylic acids is 1. The summed E-state index contributed by atoms with van der Waals surface area (Å²) in [5, 5.41) is 0. The zero-order valence-electron chi connectivity index (χ0n) is 11.9. The molecule has 1 aromatic carbocycles. The third kappa shape index (κ3) is 3.16. The predicted octanol–water partition coefficient (Wildman–Crippen LogP) is 3.18. The van der Waals surface area contributed by atoms with Crippen LogP contribution < -0.4 is 4.74 Å². The maximum absolute atomic E-state index is 12.3. The molecule has 3 heteroatoms. The highest BCUT2D eigenvalue weighted by molar-refractivity contribution is 5.84. The lowest BCUT2D eigenvalue weighted by molar-refractivity contribution is -0.131. The van der Waals surface area contributed by atoms with Crippen molar-refractivity contribution in [3.05, 3.63) is 29.8 Å². The normalized spacial score (nSPS) is 19.7. The van der Waals surface area contributed by atoms with Gasteiger partial charge in [0.15, 0.2) is 5.78 Å². The van der Waals surface area contributed by atoms with Crippen LogP contribution in [0.25, 0.3) is 0 Å². The van der Waals surface area contributed by atoms with Crippen LogP contribution in [-0.4, -0.2) is 25.6 Å². The van der Waals surface area contributed by atoms with E-state index in [9.17, 15) is 4.79 Å². The van der Waals surface area contributed by atoms with Crippen LogP contribution in [0.3, 0.4) is 0 Å². The van der Waals surface area contributed by atoms with Crippen LogP contribution in [-0.2, 0) is 9.53 Å². The Balaban J connectivity index is 2.10. The van der Waals surface area contributed by atoms with Crippen molar-refractivity contribution in [2.45, 2.75) is 38.7 Å². The minimum Gasteiger partial charge on any atom is -0.493 e. The smallest absolute Gasteiger partial charge is 0.162 e. The fourth-order valence-electron chi connectivity index (χ4n) is 2.76. The molecule has 0 spiro atoms. The summed E-state index contributed by atoms with van der Waals surface area (Å²) >= 11 is 0. The molecular formula is C16H22O3. The van der Waals surface area contributed by atoms with Gasteiger partial charge in [-0.3, -0.25) is 4.79 Å². The van der Waals surface area contributed by atoms with Crippen molar-refractivity contribution in [2.75, 3.05) is 13.7 Å². The molecule has 3 nitrogen and oxygen atoms in total. The van der Waals surface area contributed by atoms with E-state index in [-0.39, 0.29) is 23.7 Å². The number of benzene rings is 1. The van der Waals surface area contributed by atoms with Crippen molar-refractivity contribution < 1.29 is 14.3 Å². The molecule has 2 atom stereocenters. The zero-order chi connectivity index (χ0) is 13.8. The van der Waals surface area contributed by atoms with E-state index in [1.807, 2.05) is 32.0 Å². The van der Waals surface area contributed by atoms with Crippen molar-refractivity contribution in [1.82, 2.24) is 0 Å². The Hall–Kier alpha value is -1.35. The van der Waals surface area contributed by atoms with Gasteiger partial charge in [-0.15, -0.1) is 0 Å². The number of para-hydroxylation sites is 1. The first-order chi connectivity index (χ1) is 9.13. The molecule has 1 heterocycles. The number of ether oxygens (including phenoxy) is 2. The van der Waals surface area contributed by atoms with Gasteiger partial charge >= 0.3 is 0 Å². The van der Waals surface area contributed by atoms with Gasteiger partial charge in [0.1, 0.15) is 11.9 Å². The molecule has 0 N–H and O–H groups in total. The number of Topliss-reactive ketones (excluding diaryl/α,β-unsaturated/α-hetero) is 1. The van der Waals surface area contributed by atoms with E-state index in [2.05, 4.69) is 6.07 Å². The van der Waals surface area contributed by atoms with Crippen LogP contribution in [0.5, 0.6) is 5.75 Å². The van der Waals surface area contributed by atoms with E-state index >= 15 is 0 Å². The fraction of sp³-hybridized carbons (Fsp3) is 0.562. The molecule has 2 rings (SSSR count). The predicted molar refractivity (Wildman–Crippen MR) is 74.6 cm³/mol.